The molecule has 1 aromatic carbocycles. The fraction of sp³-hybridized carbons (Fsp3) is 0.423. The van der Waals surface area contributed by atoms with E-state index in [4.69, 9.17) is 13.8 Å². The number of nitrogens with zero attached hydrogens (tertiary/aromatic N) is 3. The number of likely N-dealkylation sites (N-methyl/N-ethyl adjacent to an activating group) is 1. The van der Waals surface area contributed by atoms with E-state index in [9.17, 15) is 18.3 Å². The summed E-state index contributed by atoms with van der Waals surface area (Å²) >= 11 is 0. The second-order valence-corrected chi connectivity index (χ2v) is 11.1. The first-order chi connectivity index (χ1) is 18.8. The molecule has 13 heteroatoms. The Bertz CT molecular complexity index is 1410. The highest BCUT2D eigenvalue weighted by Crippen LogP contribution is 2.34. The smallest absolute Gasteiger partial charge is 0.278 e. The van der Waals surface area contributed by atoms with E-state index in [2.05, 4.69) is 27.9 Å². The zero-order valence-corrected chi connectivity index (χ0v) is 22.8. The molecule has 0 atom stereocenters. The van der Waals surface area contributed by atoms with Crippen molar-refractivity contribution in [3.8, 4) is 0 Å². The number of ether oxygens (including phenoxy) is 1. The van der Waals surface area contributed by atoms with Gasteiger partial charge in [-0.25, -0.2) is 8.42 Å². The number of aliphatic hydroxyl groups is 1. The van der Waals surface area contributed by atoms with Gasteiger partial charge in [0.25, 0.3) is 15.9 Å². The molecule has 0 aliphatic carbocycles. The molecule has 0 spiro atoms. The average Bonchev–Trinajstić information content (AvgIpc) is 3.57. The third-order valence-corrected chi connectivity index (χ3v) is 8.04. The van der Waals surface area contributed by atoms with Crippen LogP contribution in [0.5, 0.6) is 0 Å². The van der Waals surface area contributed by atoms with E-state index in [1.165, 1.54) is 50.9 Å². The fourth-order valence-electron chi connectivity index (χ4n) is 4.11. The first-order valence-electron chi connectivity index (χ1n) is 12.9. The van der Waals surface area contributed by atoms with Gasteiger partial charge in [-0.05, 0) is 18.6 Å². The summed E-state index contributed by atoms with van der Waals surface area (Å²) in [6.45, 7) is 3.40. The van der Waals surface area contributed by atoms with Crippen LogP contribution in [0.25, 0.3) is 5.76 Å². The third kappa shape index (κ3) is 6.79. The van der Waals surface area contributed by atoms with Gasteiger partial charge in [-0.2, -0.15) is 0 Å². The van der Waals surface area contributed by atoms with Crippen LogP contribution in [-0.2, 0) is 32.7 Å². The van der Waals surface area contributed by atoms with Crippen molar-refractivity contribution in [2.75, 3.05) is 24.3 Å². The van der Waals surface area contributed by atoms with Gasteiger partial charge in [0.1, 0.15) is 6.61 Å². The first kappa shape index (κ1) is 28.2. The van der Waals surface area contributed by atoms with E-state index in [1.54, 1.807) is 18.2 Å². The molecule has 1 aliphatic rings. The Labute approximate surface area is 227 Å². The summed E-state index contributed by atoms with van der Waals surface area (Å²) < 4.78 is 42.5. The number of nitrogens with one attached hydrogen (secondary N) is 2. The Morgan fingerprint density at radius 2 is 1.72 bits per heavy atom. The van der Waals surface area contributed by atoms with Crippen LogP contribution in [0.3, 0.4) is 0 Å². The molecule has 39 heavy (non-hydrogen) atoms. The molecule has 3 heterocycles. The van der Waals surface area contributed by atoms with E-state index in [0.29, 0.717) is 30.6 Å². The van der Waals surface area contributed by atoms with E-state index in [1.807, 2.05) is 0 Å². The van der Waals surface area contributed by atoms with E-state index in [0.717, 1.165) is 17.1 Å². The van der Waals surface area contributed by atoms with Gasteiger partial charge in [0.2, 0.25) is 0 Å². The number of anilines is 2. The number of hydrogen-bond donors (Lipinski definition) is 3. The number of benzene rings is 1. The van der Waals surface area contributed by atoms with Crippen LogP contribution >= 0.6 is 0 Å². The number of carbonyl (C=O) groups excluding carboxylic acids is 1. The molecule has 0 saturated carbocycles. The highest BCUT2D eigenvalue weighted by Gasteiger charge is 2.37. The molecule has 3 aromatic rings. The number of unbranched alkanes of at least 4 members (excludes halogenated alkanes) is 5. The lowest BCUT2D eigenvalue weighted by Crippen LogP contribution is -2.37. The van der Waals surface area contributed by atoms with Crippen LogP contribution in [0.4, 0.5) is 11.6 Å². The van der Waals surface area contributed by atoms with Gasteiger partial charge in [0, 0.05) is 31.4 Å². The van der Waals surface area contributed by atoms with Gasteiger partial charge in [-0.15, -0.1) is 0 Å². The zero-order valence-electron chi connectivity index (χ0n) is 22.0. The van der Waals surface area contributed by atoms with Gasteiger partial charge in [0.05, 0.1) is 11.4 Å². The molecule has 0 fully saturated rings. The number of carbonyl (C=O) groups is 1. The maximum absolute atomic E-state index is 12.9. The molecule has 3 N–H and O–H groups in total. The second-order valence-electron chi connectivity index (χ2n) is 9.15. The minimum atomic E-state index is -4.01. The Morgan fingerprint density at radius 1 is 1.03 bits per heavy atom. The Morgan fingerprint density at radius 3 is 2.54 bits per heavy atom. The third-order valence-electron chi connectivity index (χ3n) is 6.22. The molecule has 0 saturated heterocycles. The van der Waals surface area contributed by atoms with Gasteiger partial charge in [-0.3, -0.25) is 9.10 Å². The van der Waals surface area contributed by atoms with Gasteiger partial charge >= 0.3 is 0 Å². The summed E-state index contributed by atoms with van der Waals surface area (Å²) in [6.07, 6.45) is 7.19. The molecule has 4 rings (SSSR count). The van der Waals surface area contributed by atoms with Crippen molar-refractivity contribution >= 4 is 33.3 Å². The minimum absolute atomic E-state index is 0.0468. The number of aliphatic hydroxyl groups excluding tert-OH is 1. The van der Waals surface area contributed by atoms with E-state index in [-0.39, 0.29) is 22.8 Å². The van der Waals surface area contributed by atoms with Gasteiger partial charge in [-0.1, -0.05) is 61.5 Å². The lowest BCUT2D eigenvalue weighted by Gasteiger charge is -2.28. The number of amides is 1. The van der Waals surface area contributed by atoms with Crippen LogP contribution < -0.4 is 10.6 Å². The first-order valence-corrected chi connectivity index (χ1v) is 14.3. The minimum Gasteiger partial charge on any atom is -0.505 e. The van der Waals surface area contributed by atoms with Crippen molar-refractivity contribution in [2.24, 2.45) is 0 Å². The Balaban J connectivity index is 1.27. The molecular formula is C26H33N5O7S. The molecule has 0 unspecified atom stereocenters. The largest absolute Gasteiger partial charge is 0.505 e. The summed E-state index contributed by atoms with van der Waals surface area (Å²) in [7, 11) is -2.82. The monoisotopic (exact) mass is 559 g/mol. The maximum Gasteiger partial charge on any atom is 0.278 e. The van der Waals surface area contributed by atoms with Crippen molar-refractivity contribution in [3.63, 3.8) is 0 Å². The maximum atomic E-state index is 12.9. The highest BCUT2D eigenvalue weighted by molar-refractivity contribution is 7.89. The number of fused-ring (bicyclic) bond motifs is 1. The molecule has 1 amide bonds. The lowest BCUT2D eigenvalue weighted by atomic mass is 10.1. The number of sulfonamides is 1. The number of aromatic nitrogens is 2. The predicted molar refractivity (Wildman–Crippen MR) is 143 cm³/mol. The Hall–Kier alpha value is -3.84. The summed E-state index contributed by atoms with van der Waals surface area (Å²) in [4.78, 5) is 12.8. The predicted octanol–water partition coefficient (Wildman–Crippen LogP) is 4.65. The summed E-state index contributed by atoms with van der Waals surface area (Å²) in [5.41, 5.74) is -0.379. The SMILES string of the molecule is CCCCCCCCOCc1cc(NCc2cc(NC(=O)C3=C(O)c4ccccc4S(=O)(=O)N3C)no2)no1. The van der Waals surface area contributed by atoms with Gasteiger partial charge < -0.3 is 29.5 Å². The molecule has 0 bridgehead atoms. The second kappa shape index (κ2) is 12.8. The zero-order chi connectivity index (χ0) is 27.8. The molecule has 1 aliphatic heterocycles. The van der Waals surface area contributed by atoms with Crippen molar-refractivity contribution in [1.82, 2.24) is 14.6 Å². The number of rotatable bonds is 14. The summed E-state index contributed by atoms with van der Waals surface area (Å²) in [5.74, 6) is 0.188. The summed E-state index contributed by atoms with van der Waals surface area (Å²) in [6, 6.07) is 9.11. The standard InChI is InChI=1S/C26H33N5O7S/c1-3-4-5-6-7-10-13-36-17-19-15-22(29-38-19)27-16-18-14-23(30-37-18)28-26(33)24-25(32)20-11-8-9-12-21(20)39(34,35)31(24)2/h8-9,11-12,14-15,32H,3-7,10,13,16-17H2,1-2H3,(H,27,29)(H,28,30,33). The van der Waals surface area contributed by atoms with Crippen LogP contribution in [0, 0.1) is 0 Å². The van der Waals surface area contributed by atoms with Crippen molar-refractivity contribution < 1.29 is 32.1 Å². The molecule has 210 valence electrons. The average molecular weight is 560 g/mol. The fourth-order valence-corrected chi connectivity index (χ4v) is 5.51. The van der Waals surface area contributed by atoms with Crippen molar-refractivity contribution in [3.05, 3.63) is 59.2 Å². The van der Waals surface area contributed by atoms with E-state index >= 15 is 0 Å². The quantitative estimate of drug-likeness (QED) is 0.237. The highest BCUT2D eigenvalue weighted by atomic mass is 32.2. The number of hydrogen-bond acceptors (Lipinski definition) is 10. The van der Waals surface area contributed by atoms with Crippen LogP contribution in [0.1, 0.15) is 62.5 Å². The Kier molecular flexibility index (Phi) is 9.25. The topological polar surface area (TPSA) is 160 Å². The normalized spacial score (nSPS) is 14.4. The van der Waals surface area contributed by atoms with Crippen LogP contribution in [0.15, 0.2) is 56.0 Å². The van der Waals surface area contributed by atoms with Crippen LogP contribution in [0.2, 0.25) is 0 Å². The van der Waals surface area contributed by atoms with E-state index < -0.39 is 27.4 Å². The molecule has 12 nitrogen and oxygen atoms in total. The molecule has 0 radical (unpaired) electrons. The molecule has 2 aromatic heterocycles. The van der Waals surface area contributed by atoms with Crippen molar-refractivity contribution in [1.29, 1.82) is 0 Å². The van der Waals surface area contributed by atoms with Crippen molar-refractivity contribution in [2.45, 2.75) is 63.5 Å². The lowest BCUT2D eigenvalue weighted by molar-refractivity contribution is -0.113. The van der Waals surface area contributed by atoms with Gasteiger partial charge in [0.15, 0.2) is 34.6 Å². The summed E-state index contributed by atoms with van der Waals surface area (Å²) in [5, 5.41) is 23.9. The molecular weight excluding hydrogens is 526 g/mol. The van der Waals surface area contributed by atoms with Crippen LogP contribution in [-0.4, -0.2) is 47.7 Å².